The Balaban J connectivity index is 2.01. The highest BCUT2D eigenvalue weighted by atomic mass is 16.1. The van der Waals surface area contributed by atoms with Gasteiger partial charge in [-0.1, -0.05) is 42.5 Å². The molecule has 0 saturated heterocycles. The van der Waals surface area contributed by atoms with Gasteiger partial charge in [-0.2, -0.15) is 0 Å². The number of hydrogen-bond donors (Lipinski definition) is 2. The van der Waals surface area contributed by atoms with Gasteiger partial charge in [0.15, 0.2) is 0 Å². The van der Waals surface area contributed by atoms with Gasteiger partial charge in [0.1, 0.15) is 0 Å². The van der Waals surface area contributed by atoms with Gasteiger partial charge in [-0.15, -0.1) is 0 Å². The summed E-state index contributed by atoms with van der Waals surface area (Å²) < 4.78 is 0. The molecule has 0 aliphatic heterocycles. The van der Waals surface area contributed by atoms with E-state index in [1.54, 1.807) is 0 Å². The number of hydrogen-bond acceptors (Lipinski definition) is 2. The topological polar surface area (TPSA) is 41.1 Å². The summed E-state index contributed by atoms with van der Waals surface area (Å²) in [5, 5.41) is 8.26. The van der Waals surface area contributed by atoms with Crippen molar-refractivity contribution >= 4 is 16.7 Å². The second-order valence-corrected chi connectivity index (χ2v) is 4.31. The van der Waals surface area contributed by atoms with Crippen molar-refractivity contribution < 1.29 is 4.79 Å². The fourth-order valence-electron chi connectivity index (χ4n) is 1.92. The largest absolute Gasteiger partial charge is 0.355 e. The van der Waals surface area contributed by atoms with E-state index in [2.05, 4.69) is 34.9 Å². The van der Waals surface area contributed by atoms with Crippen molar-refractivity contribution in [2.45, 2.75) is 6.42 Å². The maximum atomic E-state index is 11.7. The fourth-order valence-corrected chi connectivity index (χ4v) is 1.92. The molecule has 0 radical (unpaired) electrons. The van der Waals surface area contributed by atoms with Gasteiger partial charge < -0.3 is 10.6 Å². The summed E-state index contributed by atoms with van der Waals surface area (Å²) in [7, 11) is 1.87. The molecule has 94 valence electrons. The van der Waals surface area contributed by atoms with Crippen LogP contribution in [0.4, 0.5) is 0 Å². The summed E-state index contributed by atoms with van der Waals surface area (Å²) in [5.41, 5.74) is 1.05. The summed E-state index contributed by atoms with van der Waals surface area (Å²) in [4.78, 5) is 11.7. The van der Waals surface area contributed by atoms with Gasteiger partial charge in [-0.3, -0.25) is 4.79 Å². The van der Waals surface area contributed by atoms with E-state index >= 15 is 0 Å². The normalized spacial score (nSPS) is 10.5. The molecule has 18 heavy (non-hydrogen) atoms. The Labute approximate surface area is 107 Å². The Kier molecular flexibility index (Phi) is 4.31. The van der Waals surface area contributed by atoms with Crippen LogP contribution in [0.3, 0.4) is 0 Å². The van der Waals surface area contributed by atoms with Gasteiger partial charge in [-0.25, -0.2) is 0 Å². The molecule has 0 aliphatic rings. The molecule has 2 N–H and O–H groups in total. The van der Waals surface area contributed by atoms with Crippen molar-refractivity contribution in [3.8, 4) is 0 Å². The zero-order chi connectivity index (χ0) is 12.8. The molecule has 0 spiro atoms. The number of benzene rings is 2. The summed E-state index contributed by atoms with van der Waals surface area (Å²) in [6.45, 7) is 1.46. The van der Waals surface area contributed by atoms with Crippen molar-refractivity contribution in [3.63, 3.8) is 0 Å². The van der Waals surface area contributed by atoms with Crippen LogP contribution in [0.25, 0.3) is 10.8 Å². The third-order valence-electron chi connectivity index (χ3n) is 2.88. The molecule has 0 bridgehead atoms. The van der Waals surface area contributed by atoms with Crippen LogP contribution in [0.5, 0.6) is 0 Å². The third-order valence-corrected chi connectivity index (χ3v) is 2.88. The lowest BCUT2D eigenvalue weighted by atomic mass is 10.1. The van der Waals surface area contributed by atoms with Gasteiger partial charge in [0.25, 0.3) is 0 Å². The second kappa shape index (κ2) is 6.17. The van der Waals surface area contributed by atoms with Crippen molar-refractivity contribution in [1.29, 1.82) is 0 Å². The summed E-state index contributed by atoms with van der Waals surface area (Å²) in [6, 6.07) is 14.3. The van der Waals surface area contributed by atoms with E-state index in [9.17, 15) is 4.79 Å². The van der Waals surface area contributed by atoms with E-state index in [0.29, 0.717) is 13.0 Å². The van der Waals surface area contributed by atoms with Crippen LogP contribution in [-0.2, 0) is 11.2 Å². The first-order valence-corrected chi connectivity index (χ1v) is 6.18. The number of fused-ring (bicyclic) bond motifs is 1. The molecule has 0 fully saturated rings. The molecule has 1 amide bonds. The molecule has 0 aromatic heterocycles. The van der Waals surface area contributed by atoms with Crippen LogP contribution in [0.2, 0.25) is 0 Å². The monoisotopic (exact) mass is 242 g/mol. The Morgan fingerprint density at radius 3 is 2.61 bits per heavy atom. The van der Waals surface area contributed by atoms with Crippen molar-refractivity contribution in [2.24, 2.45) is 0 Å². The number of likely N-dealkylation sites (N-methyl/N-ethyl adjacent to an activating group) is 1. The number of carbonyl (C=O) groups excluding carboxylic acids is 1. The van der Waals surface area contributed by atoms with E-state index < -0.39 is 0 Å². The molecule has 0 aliphatic carbocycles. The van der Waals surface area contributed by atoms with E-state index in [1.165, 1.54) is 10.8 Å². The molecular weight excluding hydrogens is 224 g/mol. The van der Waals surface area contributed by atoms with Gasteiger partial charge in [0.05, 0.1) is 6.42 Å². The molecule has 2 aromatic rings. The van der Waals surface area contributed by atoms with Gasteiger partial charge in [0.2, 0.25) is 5.91 Å². The van der Waals surface area contributed by atoms with E-state index in [1.807, 2.05) is 25.2 Å². The predicted octanol–water partition coefficient (Wildman–Crippen LogP) is 1.72. The average molecular weight is 242 g/mol. The van der Waals surface area contributed by atoms with Crippen molar-refractivity contribution in [2.75, 3.05) is 20.1 Å². The van der Waals surface area contributed by atoms with Gasteiger partial charge in [0, 0.05) is 13.1 Å². The van der Waals surface area contributed by atoms with Crippen LogP contribution in [0, 0.1) is 0 Å². The predicted molar refractivity (Wildman–Crippen MR) is 74.6 cm³/mol. The highest BCUT2D eigenvalue weighted by Gasteiger charge is 2.03. The summed E-state index contributed by atoms with van der Waals surface area (Å²) in [6.07, 6.45) is 0.439. The number of rotatable bonds is 5. The first-order chi connectivity index (χ1) is 8.79. The first-order valence-electron chi connectivity index (χ1n) is 6.18. The highest BCUT2D eigenvalue weighted by molar-refractivity contribution is 5.85. The lowest BCUT2D eigenvalue weighted by Crippen LogP contribution is -2.31. The van der Waals surface area contributed by atoms with Crippen molar-refractivity contribution in [3.05, 3.63) is 48.0 Å². The standard InChI is InChI=1S/C15H18N2O/c1-16-8-9-17-15(18)11-12-6-7-13-4-2-3-5-14(13)10-12/h2-7,10,16H,8-9,11H2,1H3,(H,17,18). The van der Waals surface area contributed by atoms with Crippen LogP contribution >= 0.6 is 0 Å². The third kappa shape index (κ3) is 3.31. The lowest BCUT2D eigenvalue weighted by Gasteiger charge is -2.06. The Morgan fingerprint density at radius 1 is 1.06 bits per heavy atom. The zero-order valence-electron chi connectivity index (χ0n) is 10.6. The maximum Gasteiger partial charge on any atom is 0.224 e. The molecule has 2 aromatic carbocycles. The highest BCUT2D eigenvalue weighted by Crippen LogP contribution is 2.15. The molecule has 0 atom stereocenters. The number of amides is 1. The van der Waals surface area contributed by atoms with E-state index in [4.69, 9.17) is 0 Å². The Bertz CT molecular complexity index is 537. The summed E-state index contributed by atoms with van der Waals surface area (Å²) >= 11 is 0. The molecule has 2 rings (SSSR count). The minimum Gasteiger partial charge on any atom is -0.355 e. The lowest BCUT2D eigenvalue weighted by molar-refractivity contribution is -0.120. The molecule has 0 heterocycles. The van der Waals surface area contributed by atoms with Crippen LogP contribution in [0.1, 0.15) is 5.56 Å². The Morgan fingerprint density at radius 2 is 1.83 bits per heavy atom. The molecule has 3 heteroatoms. The average Bonchev–Trinajstić information content (AvgIpc) is 2.39. The SMILES string of the molecule is CNCCNC(=O)Cc1ccc2ccccc2c1. The van der Waals surface area contributed by atoms with Crippen molar-refractivity contribution in [1.82, 2.24) is 10.6 Å². The molecule has 3 nitrogen and oxygen atoms in total. The Hall–Kier alpha value is -1.87. The molecular formula is C15H18N2O. The van der Waals surface area contributed by atoms with Gasteiger partial charge >= 0.3 is 0 Å². The van der Waals surface area contributed by atoms with Crippen LogP contribution < -0.4 is 10.6 Å². The minimum atomic E-state index is 0.0699. The quantitative estimate of drug-likeness (QED) is 0.784. The maximum absolute atomic E-state index is 11.7. The first kappa shape index (κ1) is 12.6. The molecule has 0 saturated carbocycles. The summed E-state index contributed by atoms with van der Waals surface area (Å²) in [5.74, 6) is 0.0699. The second-order valence-electron chi connectivity index (χ2n) is 4.31. The van der Waals surface area contributed by atoms with Gasteiger partial charge in [-0.05, 0) is 23.4 Å². The van der Waals surface area contributed by atoms with Crippen LogP contribution in [0.15, 0.2) is 42.5 Å². The fraction of sp³-hybridized carbons (Fsp3) is 0.267. The van der Waals surface area contributed by atoms with E-state index in [0.717, 1.165) is 12.1 Å². The zero-order valence-corrected chi connectivity index (χ0v) is 10.6. The molecule has 0 unspecified atom stereocenters. The number of carbonyl (C=O) groups is 1. The van der Waals surface area contributed by atoms with Crippen LogP contribution in [-0.4, -0.2) is 26.0 Å². The smallest absolute Gasteiger partial charge is 0.224 e. The van der Waals surface area contributed by atoms with E-state index in [-0.39, 0.29) is 5.91 Å². The minimum absolute atomic E-state index is 0.0699. The number of nitrogens with one attached hydrogen (secondary N) is 2.